The van der Waals surface area contributed by atoms with Crippen molar-refractivity contribution in [3.8, 4) is 6.07 Å². The van der Waals surface area contributed by atoms with Gasteiger partial charge in [-0.1, -0.05) is 73.4 Å². The Labute approximate surface area is 207 Å². The number of aliphatic imine (C=N–C) groups is 1. The van der Waals surface area contributed by atoms with Gasteiger partial charge in [-0.15, -0.1) is 17.4 Å². The number of nitriles is 1. The molecule has 0 bridgehead atoms. The second-order valence-electron chi connectivity index (χ2n) is 5.91. The summed E-state index contributed by atoms with van der Waals surface area (Å²) in [4.78, 5) is 3.99. The second kappa shape index (κ2) is 21.1. The number of hydrogen-bond acceptors (Lipinski definition) is 3. The van der Waals surface area contributed by atoms with Crippen molar-refractivity contribution in [3.63, 3.8) is 0 Å². The van der Waals surface area contributed by atoms with Gasteiger partial charge in [0.25, 0.3) is 14.1 Å². The van der Waals surface area contributed by atoms with E-state index in [9.17, 15) is 0 Å². The molecular formula is C21H33AlCl4N4. The molecule has 0 heterocycles. The van der Waals surface area contributed by atoms with Crippen LogP contribution in [0.3, 0.4) is 0 Å². The first kappa shape index (κ1) is 36.3. The molecule has 9 heteroatoms. The van der Waals surface area contributed by atoms with Gasteiger partial charge in [-0.3, -0.25) is 0 Å². The maximum Gasteiger partial charge on any atom is 0.251 e. The average Bonchev–Trinajstić information content (AvgIpc) is 2.57. The van der Waals surface area contributed by atoms with Crippen molar-refractivity contribution < 1.29 is 0 Å². The Morgan fingerprint density at radius 1 is 0.900 bits per heavy atom. The molecular weight excluding hydrogens is 477 g/mol. The monoisotopic (exact) mass is 508 g/mol. The molecule has 0 radical (unpaired) electrons. The molecule has 0 amide bonds. The van der Waals surface area contributed by atoms with Crippen LogP contribution in [0.4, 0.5) is 11.4 Å². The van der Waals surface area contributed by atoms with E-state index in [1.165, 1.54) is 6.92 Å². The van der Waals surface area contributed by atoms with Crippen LogP contribution in [0, 0.1) is 11.3 Å². The van der Waals surface area contributed by atoms with E-state index in [4.69, 9.17) is 63.1 Å². The standard InChI is InChI=1S/C8H8Cl2N2.C6H5Cl2N.C2H3N.2CH4.3CH3.Al/c1-5(11)12-8-6(9)3-2-4-7(8)10;7-4-2-1-3-5(8)6(4)9;1-2-3;;;;;;/h2-4H,1H3,(H2,11,12);1-3H,9H2;1H3;2*1H4;3*1H3;. The molecule has 168 valence electrons. The number of benzene rings is 2. The third-order valence-electron chi connectivity index (χ3n) is 2.23. The first-order valence-corrected chi connectivity index (χ1v) is 13.2. The molecule has 0 spiro atoms. The summed E-state index contributed by atoms with van der Waals surface area (Å²) in [5.74, 6) is 7.35. The summed E-state index contributed by atoms with van der Waals surface area (Å²) in [6.07, 6.45) is 0. The summed E-state index contributed by atoms with van der Waals surface area (Å²) < 4.78 is 0. The summed E-state index contributed by atoms with van der Waals surface area (Å²) in [5, 5.41) is 9.34. The van der Waals surface area contributed by atoms with E-state index in [-0.39, 0.29) is 29.0 Å². The van der Waals surface area contributed by atoms with Crippen LogP contribution >= 0.6 is 46.4 Å². The summed E-state index contributed by atoms with van der Waals surface area (Å²) in [6.45, 7) is 3.11. The van der Waals surface area contributed by atoms with Crippen LogP contribution < -0.4 is 11.5 Å². The van der Waals surface area contributed by atoms with E-state index in [1.54, 1.807) is 49.4 Å². The largest absolute Gasteiger partial charge is 0.396 e. The molecule has 0 aliphatic rings. The van der Waals surface area contributed by atoms with E-state index in [0.717, 1.165) is 0 Å². The SMILES string of the molecule is C.C.CC#N.CC(N)=Nc1c(Cl)cccc1Cl.Nc1c(Cl)cccc1Cl.[CH3][Al]([CH3])[CH3]. The maximum atomic E-state index is 7.32. The highest BCUT2D eigenvalue weighted by Crippen LogP contribution is 2.32. The lowest BCUT2D eigenvalue weighted by Gasteiger charge is -2.00. The van der Waals surface area contributed by atoms with Gasteiger partial charge in [-0.2, -0.15) is 5.26 Å². The summed E-state index contributed by atoms with van der Waals surface area (Å²) in [7, 11) is 0. The molecule has 2 aromatic rings. The summed E-state index contributed by atoms with van der Waals surface area (Å²) in [5.41, 5.74) is 11.8. The summed E-state index contributed by atoms with van der Waals surface area (Å²) in [6, 6.07) is 12.1. The number of nitrogens with zero attached hydrogens (tertiary/aromatic N) is 2. The molecule has 0 aliphatic heterocycles. The van der Waals surface area contributed by atoms with Crippen LogP contribution in [0.25, 0.3) is 0 Å². The quantitative estimate of drug-likeness (QED) is 0.174. The van der Waals surface area contributed by atoms with Crippen LogP contribution in [-0.2, 0) is 0 Å². The van der Waals surface area contributed by atoms with Crippen molar-refractivity contribution >= 4 is 77.8 Å². The topological polar surface area (TPSA) is 88.2 Å². The average molecular weight is 510 g/mol. The van der Waals surface area contributed by atoms with E-state index in [0.29, 0.717) is 37.3 Å². The van der Waals surface area contributed by atoms with E-state index < -0.39 is 0 Å². The van der Waals surface area contributed by atoms with Gasteiger partial charge in [0.1, 0.15) is 5.69 Å². The van der Waals surface area contributed by atoms with Crippen molar-refractivity contribution in [2.24, 2.45) is 10.7 Å². The van der Waals surface area contributed by atoms with E-state index >= 15 is 0 Å². The Bertz CT molecular complexity index is 744. The van der Waals surface area contributed by atoms with Gasteiger partial charge >= 0.3 is 0 Å². The van der Waals surface area contributed by atoms with Gasteiger partial charge in [-0.25, -0.2) is 4.99 Å². The highest BCUT2D eigenvalue weighted by Gasteiger charge is 2.02. The van der Waals surface area contributed by atoms with Crippen molar-refractivity contribution in [2.75, 3.05) is 5.73 Å². The Hall–Kier alpha value is -1.11. The maximum absolute atomic E-state index is 7.32. The van der Waals surface area contributed by atoms with Gasteiger partial charge in [0.15, 0.2) is 0 Å². The Morgan fingerprint density at radius 2 is 1.17 bits per heavy atom. The van der Waals surface area contributed by atoms with Crippen molar-refractivity contribution in [1.82, 2.24) is 0 Å². The zero-order valence-electron chi connectivity index (χ0n) is 16.6. The predicted molar refractivity (Wildman–Crippen MR) is 142 cm³/mol. The zero-order chi connectivity index (χ0) is 22.3. The Morgan fingerprint density at radius 3 is 1.40 bits per heavy atom. The van der Waals surface area contributed by atoms with Crippen molar-refractivity contribution in [2.45, 2.75) is 46.1 Å². The fourth-order valence-corrected chi connectivity index (χ4v) is 2.16. The molecule has 0 atom stereocenters. The number of nitrogens with two attached hydrogens (primary N) is 2. The fourth-order valence-electron chi connectivity index (χ4n) is 1.28. The molecule has 2 rings (SSSR count). The minimum atomic E-state index is -0.139. The van der Waals surface area contributed by atoms with Gasteiger partial charge in [0, 0.05) is 6.92 Å². The molecule has 0 fully saturated rings. The van der Waals surface area contributed by atoms with Crippen LogP contribution in [0.15, 0.2) is 41.4 Å². The zero-order valence-corrected chi connectivity index (χ0v) is 20.8. The highest BCUT2D eigenvalue weighted by molar-refractivity contribution is 6.54. The molecule has 4 nitrogen and oxygen atoms in total. The lowest BCUT2D eigenvalue weighted by Crippen LogP contribution is -2.03. The third kappa shape index (κ3) is 18.9. The molecule has 30 heavy (non-hydrogen) atoms. The normalized spacial score (nSPS) is 8.73. The fraction of sp³-hybridized carbons (Fsp3) is 0.333. The van der Waals surface area contributed by atoms with E-state index in [2.05, 4.69) is 22.3 Å². The number of anilines is 1. The Kier molecular flexibility index (Phi) is 25.6. The number of hydrogen-bond donors (Lipinski definition) is 2. The van der Waals surface area contributed by atoms with Crippen LogP contribution in [0.2, 0.25) is 37.4 Å². The molecule has 4 N–H and O–H groups in total. The van der Waals surface area contributed by atoms with Crippen LogP contribution in [0.5, 0.6) is 0 Å². The molecule has 0 aliphatic carbocycles. The lowest BCUT2D eigenvalue weighted by atomic mass is 10.3. The number of halogens is 4. The highest BCUT2D eigenvalue weighted by atomic mass is 35.5. The number of amidine groups is 1. The minimum Gasteiger partial charge on any atom is -0.396 e. The number of para-hydroxylation sites is 2. The van der Waals surface area contributed by atoms with Crippen molar-refractivity contribution in [3.05, 3.63) is 56.5 Å². The van der Waals surface area contributed by atoms with E-state index in [1.807, 2.05) is 0 Å². The van der Waals surface area contributed by atoms with Crippen LogP contribution in [0.1, 0.15) is 28.7 Å². The van der Waals surface area contributed by atoms with Crippen LogP contribution in [-0.4, -0.2) is 20.0 Å². The van der Waals surface area contributed by atoms with Gasteiger partial charge in [0.05, 0.1) is 37.7 Å². The smallest absolute Gasteiger partial charge is 0.251 e. The second-order valence-corrected chi connectivity index (χ2v) is 11.0. The molecule has 2 aromatic carbocycles. The lowest BCUT2D eigenvalue weighted by molar-refractivity contribution is 1.45. The predicted octanol–water partition coefficient (Wildman–Crippen LogP) is 8.75. The van der Waals surface area contributed by atoms with Gasteiger partial charge < -0.3 is 11.5 Å². The molecule has 0 saturated heterocycles. The molecule has 0 saturated carbocycles. The number of rotatable bonds is 1. The molecule has 0 unspecified atom stereocenters. The van der Waals surface area contributed by atoms with Gasteiger partial charge in [0.2, 0.25) is 0 Å². The van der Waals surface area contributed by atoms with Gasteiger partial charge in [-0.05, 0) is 31.2 Å². The minimum absolute atomic E-state index is 0. The summed E-state index contributed by atoms with van der Waals surface area (Å²) >= 11 is 22.7. The molecule has 0 aromatic heterocycles. The third-order valence-corrected chi connectivity index (χ3v) is 3.49. The van der Waals surface area contributed by atoms with Crippen molar-refractivity contribution in [1.29, 1.82) is 5.26 Å². The first-order valence-electron chi connectivity index (χ1n) is 8.22. The Balaban J connectivity index is -0.000000167. The first-order chi connectivity index (χ1) is 13.0. The number of nitrogen functional groups attached to an aromatic ring is 1.